The SMILES string of the molecule is O=S(=O)(Cl)OC[C@]1(O)OC[C@@H](O)[C@@H](O)[C@@H]1O. The van der Waals surface area contributed by atoms with E-state index in [1.807, 2.05) is 0 Å². The number of aliphatic hydroxyl groups is 4. The van der Waals surface area contributed by atoms with Gasteiger partial charge in [-0.3, -0.25) is 4.18 Å². The van der Waals surface area contributed by atoms with Crippen molar-refractivity contribution >= 4 is 20.0 Å². The van der Waals surface area contributed by atoms with Crippen LogP contribution in [0.3, 0.4) is 0 Å². The van der Waals surface area contributed by atoms with Gasteiger partial charge in [0.2, 0.25) is 5.79 Å². The molecule has 4 atom stereocenters. The summed E-state index contributed by atoms with van der Waals surface area (Å²) in [7, 11) is 0.378. The van der Waals surface area contributed by atoms with E-state index in [9.17, 15) is 23.7 Å². The zero-order chi connectivity index (χ0) is 12.6. The molecule has 1 aliphatic heterocycles. The maximum Gasteiger partial charge on any atom is 0.355 e. The third kappa shape index (κ3) is 3.25. The van der Waals surface area contributed by atoms with Gasteiger partial charge in [0.1, 0.15) is 24.9 Å². The molecule has 0 aromatic heterocycles. The highest BCUT2D eigenvalue weighted by Crippen LogP contribution is 2.25. The fourth-order valence-corrected chi connectivity index (χ4v) is 1.62. The molecule has 96 valence electrons. The molecule has 0 aromatic rings. The molecule has 1 heterocycles. The van der Waals surface area contributed by atoms with Crippen LogP contribution in [0, 0.1) is 0 Å². The van der Waals surface area contributed by atoms with Gasteiger partial charge in [0.15, 0.2) is 0 Å². The lowest BCUT2D eigenvalue weighted by atomic mass is 9.98. The Morgan fingerprint density at radius 1 is 1.44 bits per heavy atom. The molecular weight excluding hydrogens is 268 g/mol. The summed E-state index contributed by atoms with van der Waals surface area (Å²) in [6, 6.07) is 0. The predicted molar refractivity (Wildman–Crippen MR) is 49.6 cm³/mol. The molecule has 0 aliphatic carbocycles. The molecule has 0 spiro atoms. The molecule has 0 saturated carbocycles. The van der Waals surface area contributed by atoms with Gasteiger partial charge in [-0.15, -0.1) is 0 Å². The second-order valence-corrected chi connectivity index (χ2v) is 5.47. The summed E-state index contributed by atoms with van der Waals surface area (Å²) in [4.78, 5) is 0. The summed E-state index contributed by atoms with van der Waals surface area (Å²) >= 11 is 0. The van der Waals surface area contributed by atoms with Crippen molar-refractivity contribution in [2.45, 2.75) is 24.1 Å². The van der Waals surface area contributed by atoms with E-state index < -0.39 is 46.6 Å². The number of halogens is 1. The Labute approximate surface area is 95.6 Å². The maximum absolute atomic E-state index is 10.5. The zero-order valence-corrected chi connectivity index (χ0v) is 9.43. The van der Waals surface area contributed by atoms with E-state index in [0.717, 1.165) is 0 Å². The second kappa shape index (κ2) is 4.70. The Morgan fingerprint density at radius 2 is 2.00 bits per heavy atom. The number of hydrogen-bond acceptors (Lipinski definition) is 8. The first-order valence-corrected chi connectivity index (χ1v) is 6.39. The highest BCUT2D eigenvalue weighted by atomic mass is 35.7. The fourth-order valence-electron chi connectivity index (χ4n) is 1.17. The van der Waals surface area contributed by atoms with E-state index >= 15 is 0 Å². The Kier molecular flexibility index (Phi) is 4.13. The molecule has 0 radical (unpaired) electrons. The molecule has 16 heavy (non-hydrogen) atoms. The van der Waals surface area contributed by atoms with Crippen LogP contribution in [0.25, 0.3) is 0 Å². The van der Waals surface area contributed by atoms with Gasteiger partial charge in [0.05, 0.1) is 6.61 Å². The largest absolute Gasteiger partial charge is 0.388 e. The van der Waals surface area contributed by atoms with Crippen LogP contribution in [-0.2, 0) is 18.3 Å². The molecule has 8 nitrogen and oxygen atoms in total. The summed E-state index contributed by atoms with van der Waals surface area (Å²) in [5, 5.41) is 37.3. The molecule has 0 amide bonds. The zero-order valence-electron chi connectivity index (χ0n) is 7.85. The topological polar surface area (TPSA) is 134 Å². The highest BCUT2D eigenvalue weighted by Gasteiger charge is 2.49. The average Bonchev–Trinajstić information content (AvgIpc) is 2.18. The van der Waals surface area contributed by atoms with Gasteiger partial charge in [0.25, 0.3) is 0 Å². The van der Waals surface area contributed by atoms with Gasteiger partial charge in [-0.2, -0.15) is 8.42 Å². The second-order valence-electron chi connectivity index (χ2n) is 3.31. The minimum atomic E-state index is -4.34. The summed E-state index contributed by atoms with van der Waals surface area (Å²) in [5.74, 6) is -2.44. The maximum atomic E-state index is 10.5. The van der Waals surface area contributed by atoms with Crippen molar-refractivity contribution in [1.82, 2.24) is 0 Å². The molecule has 10 heteroatoms. The van der Waals surface area contributed by atoms with E-state index in [0.29, 0.717) is 0 Å². The smallest absolute Gasteiger partial charge is 0.355 e. The minimum Gasteiger partial charge on any atom is -0.388 e. The van der Waals surface area contributed by atoms with Gasteiger partial charge in [-0.25, -0.2) is 0 Å². The van der Waals surface area contributed by atoms with E-state index in [-0.39, 0.29) is 0 Å². The first-order valence-electron chi connectivity index (χ1n) is 4.15. The molecule has 1 aliphatic rings. The lowest BCUT2D eigenvalue weighted by Crippen LogP contribution is -2.62. The van der Waals surface area contributed by atoms with E-state index in [4.69, 9.17) is 15.8 Å². The number of aliphatic hydroxyl groups excluding tert-OH is 3. The third-order valence-electron chi connectivity index (χ3n) is 2.09. The van der Waals surface area contributed by atoms with Crippen molar-refractivity contribution in [2.75, 3.05) is 13.2 Å². The molecule has 1 saturated heterocycles. The summed E-state index contributed by atoms with van der Waals surface area (Å²) in [6.07, 6.45) is -4.99. The number of rotatable bonds is 3. The van der Waals surface area contributed by atoms with Crippen molar-refractivity contribution in [1.29, 1.82) is 0 Å². The Bertz CT molecular complexity index is 344. The Hall–Kier alpha value is -0.0000000000000000971. The molecule has 1 fully saturated rings. The fraction of sp³-hybridized carbons (Fsp3) is 1.00. The van der Waals surface area contributed by atoms with Crippen LogP contribution in [0.1, 0.15) is 0 Å². The first kappa shape index (κ1) is 14.1. The van der Waals surface area contributed by atoms with Gasteiger partial charge < -0.3 is 25.2 Å². The lowest BCUT2D eigenvalue weighted by Gasteiger charge is -2.40. The molecule has 4 N–H and O–H groups in total. The van der Waals surface area contributed by atoms with E-state index in [2.05, 4.69) is 8.92 Å². The standard InChI is InChI=1S/C6H11ClO8S/c7-16(12,13)15-2-6(11)5(10)4(9)3(8)1-14-6/h3-5,8-11H,1-2H2/t3-,4-,5+,6+/m1/s1. The van der Waals surface area contributed by atoms with Crippen molar-refractivity contribution in [3.8, 4) is 0 Å². The van der Waals surface area contributed by atoms with Crippen molar-refractivity contribution < 1.29 is 37.8 Å². The average molecular weight is 279 g/mol. The summed E-state index contributed by atoms with van der Waals surface area (Å²) in [6.45, 7) is -1.48. The molecular formula is C6H11ClO8S. The third-order valence-corrected chi connectivity index (χ3v) is 2.76. The van der Waals surface area contributed by atoms with Crippen LogP contribution < -0.4 is 0 Å². The van der Waals surface area contributed by atoms with Crippen LogP contribution in [0.5, 0.6) is 0 Å². The van der Waals surface area contributed by atoms with E-state index in [1.165, 1.54) is 0 Å². The van der Waals surface area contributed by atoms with Gasteiger partial charge in [-0.05, 0) is 0 Å². The van der Waals surface area contributed by atoms with Crippen LogP contribution >= 0.6 is 10.7 Å². The molecule has 0 unspecified atom stereocenters. The van der Waals surface area contributed by atoms with Crippen molar-refractivity contribution in [3.63, 3.8) is 0 Å². The number of ether oxygens (including phenoxy) is 1. The first-order chi connectivity index (χ1) is 7.16. The molecule has 0 bridgehead atoms. The minimum absolute atomic E-state index is 0.486. The van der Waals surface area contributed by atoms with Gasteiger partial charge >= 0.3 is 9.33 Å². The van der Waals surface area contributed by atoms with Crippen LogP contribution in [0.2, 0.25) is 0 Å². The van der Waals surface area contributed by atoms with Crippen LogP contribution in [-0.4, -0.2) is 66.2 Å². The Balaban J connectivity index is 2.70. The number of hydrogen-bond donors (Lipinski definition) is 4. The normalized spacial score (nSPS) is 40.9. The summed E-state index contributed by atoms with van der Waals surface area (Å²) < 4.78 is 29.5. The molecule has 0 aromatic carbocycles. The van der Waals surface area contributed by atoms with Crippen LogP contribution in [0.4, 0.5) is 0 Å². The van der Waals surface area contributed by atoms with Gasteiger partial charge in [0, 0.05) is 10.7 Å². The highest BCUT2D eigenvalue weighted by molar-refractivity contribution is 8.09. The van der Waals surface area contributed by atoms with Crippen molar-refractivity contribution in [2.24, 2.45) is 0 Å². The van der Waals surface area contributed by atoms with E-state index in [1.54, 1.807) is 0 Å². The monoisotopic (exact) mass is 278 g/mol. The quantitative estimate of drug-likeness (QED) is 0.409. The van der Waals surface area contributed by atoms with Gasteiger partial charge in [-0.1, -0.05) is 0 Å². The molecule has 1 rings (SSSR count). The predicted octanol–water partition coefficient (Wildman–Crippen LogP) is -2.71. The lowest BCUT2D eigenvalue weighted by molar-refractivity contribution is -0.328. The Morgan fingerprint density at radius 3 is 2.50 bits per heavy atom. The summed E-state index contributed by atoms with van der Waals surface area (Å²) in [5.41, 5.74) is 0. The van der Waals surface area contributed by atoms with Crippen molar-refractivity contribution in [3.05, 3.63) is 0 Å². The van der Waals surface area contributed by atoms with Crippen LogP contribution in [0.15, 0.2) is 0 Å².